The zero-order valence-electron chi connectivity index (χ0n) is 10.8. The first-order valence-corrected chi connectivity index (χ1v) is 6.70. The molecule has 1 aromatic carbocycles. The van der Waals surface area contributed by atoms with Crippen LogP contribution in [0.4, 0.5) is 0 Å². The molecule has 0 bridgehead atoms. The van der Waals surface area contributed by atoms with Gasteiger partial charge in [0.05, 0.1) is 6.61 Å². The summed E-state index contributed by atoms with van der Waals surface area (Å²) >= 11 is 4.95. The summed E-state index contributed by atoms with van der Waals surface area (Å²) in [7, 11) is 1.77. The molecule has 0 saturated carbocycles. The second-order valence-corrected chi connectivity index (χ2v) is 5.35. The quantitative estimate of drug-likeness (QED) is 0.823. The van der Waals surface area contributed by atoms with Gasteiger partial charge in [0.2, 0.25) is 0 Å². The van der Waals surface area contributed by atoms with Crippen molar-refractivity contribution in [2.24, 2.45) is 11.7 Å². The first-order chi connectivity index (χ1) is 8.69. The van der Waals surface area contributed by atoms with Gasteiger partial charge in [-0.05, 0) is 24.4 Å². The molecule has 0 amide bonds. The van der Waals surface area contributed by atoms with E-state index < -0.39 is 0 Å². The average molecular weight is 264 g/mol. The highest BCUT2D eigenvalue weighted by atomic mass is 32.1. The van der Waals surface area contributed by atoms with Crippen molar-refractivity contribution < 1.29 is 4.74 Å². The topological polar surface area (TPSA) is 38.5 Å². The minimum absolute atomic E-state index is 0.461. The van der Waals surface area contributed by atoms with Crippen LogP contribution in [0.2, 0.25) is 0 Å². The molecule has 1 saturated heterocycles. The minimum Gasteiger partial charge on any atom is -0.389 e. The fourth-order valence-corrected chi connectivity index (χ4v) is 2.60. The Hall–Kier alpha value is -0.970. The first kappa shape index (κ1) is 13.5. The number of hydrogen-bond acceptors (Lipinski definition) is 3. The summed E-state index contributed by atoms with van der Waals surface area (Å²) in [6, 6.07) is 8.22. The second-order valence-electron chi connectivity index (χ2n) is 4.91. The minimum atomic E-state index is 0.461. The largest absolute Gasteiger partial charge is 0.389 e. The maximum Gasteiger partial charge on any atom is 0.103 e. The third kappa shape index (κ3) is 3.51. The van der Waals surface area contributed by atoms with Crippen molar-refractivity contribution in [1.29, 1.82) is 0 Å². The van der Waals surface area contributed by atoms with Gasteiger partial charge in [-0.15, -0.1) is 0 Å². The van der Waals surface area contributed by atoms with Crippen molar-refractivity contribution >= 4 is 17.2 Å². The van der Waals surface area contributed by atoms with E-state index in [0.29, 0.717) is 10.9 Å². The molecule has 18 heavy (non-hydrogen) atoms. The number of methoxy groups -OCH3 is 1. The lowest BCUT2D eigenvalue weighted by atomic mass is 10.1. The molecule has 0 aromatic heterocycles. The fourth-order valence-electron chi connectivity index (χ4n) is 2.46. The number of nitrogens with two attached hydrogens (primary N) is 1. The SMILES string of the molecule is COCC1CCN(Cc2ccc(C(N)=S)cc2)C1. The molecule has 1 aliphatic rings. The number of likely N-dealkylation sites (tertiary alicyclic amines) is 1. The Labute approximate surface area is 114 Å². The van der Waals surface area contributed by atoms with Crippen molar-refractivity contribution in [3.8, 4) is 0 Å². The van der Waals surface area contributed by atoms with E-state index in [1.54, 1.807) is 7.11 Å². The van der Waals surface area contributed by atoms with Crippen LogP contribution in [-0.2, 0) is 11.3 Å². The molecule has 2 N–H and O–H groups in total. The molecule has 1 unspecified atom stereocenters. The van der Waals surface area contributed by atoms with E-state index >= 15 is 0 Å². The van der Waals surface area contributed by atoms with Crippen molar-refractivity contribution in [3.05, 3.63) is 35.4 Å². The molecule has 0 spiro atoms. The van der Waals surface area contributed by atoms with Crippen LogP contribution in [-0.4, -0.2) is 36.7 Å². The highest BCUT2D eigenvalue weighted by molar-refractivity contribution is 7.80. The van der Waals surface area contributed by atoms with Gasteiger partial charge in [-0.2, -0.15) is 0 Å². The average Bonchev–Trinajstić information content (AvgIpc) is 2.78. The van der Waals surface area contributed by atoms with Crippen LogP contribution < -0.4 is 5.73 Å². The van der Waals surface area contributed by atoms with E-state index in [2.05, 4.69) is 17.0 Å². The molecule has 1 aliphatic heterocycles. The number of rotatable bonds is 5. The van der Waals surface area contributed by atoms with Gasteiger partial charge in [0.25, 0.3) is 0 Å². The molecule has 4 heteroatoms. The normalized spacial score (nSPS) is 20.2. The standard InChI is InChI=1S/C14H20N2OS/c1-17-10-12-6-7-16(9-12)8-11-2-4-13(5-3-11)14(15)18/h2-5,12H,6-10H2,1H3,(H2,15,18). The zero-order chi connectivity index (χ0) is 13.0. The van der Waals surface area contributed by atoms with Gasteiger partial charge in [-0.1, -0.05) is 36.5 Å². The van der Waals surface area contributed by atoms with E-state index in [1.165, 1.54) is 12.0 Å². The summed E-state index contributed by atoms with van der Waals surface area (Å²) in [5.74, 6) is 0.686. The van der Waals surface area contributed by atoms with Gasteiger partial charge in [-0.25, -0.2) is 0 Å². The van der Waals surface area contributed by atoms with Crippen LogP contribution in [0.5, 0.6) is 0 Å². The number of hydrogen-bond donors (Lipinski definition) is 1. The summed E-state index contributed by atoms with van der Waals surface area (Å²) in [5, 5.41) is 0. The van der Waals surface area contributed by atoms with Crippen LogP contribution in [0.25, 0.3) is 0 Å². The molecule has 0 radical (unpaired) electrons. The van der Waals surface area contributed by atoms with Crippen LogP contribution in [0.15, 0.2) is 24.3 Å². The Morgan fingerprint density at radius 3 is 2.78 bits per heavy atom. The lowest BCUT2D eigenvalue weighted by Gasteiger charge is -2.16. The van der Waals surface area contributed by atoms with Crippen molar-refractivity contribution in [3.63, 3.8) is 0 Å². The Morgan fingerprint density at radius 1 is 1.44 bits per heavy atom. The van der Waals surface area contributed by atoms with Crippen LogP contribution in [0, 0.1) is 5.92 Å². The molecule has 1 fully saturated rings. The summed E-state index contributed by atoms with van der Waals surface area (Å²) in [6.07, 6.45) is 1.23. The number of benzene rings is 1. The highest BCUT2D eigenvalue weighted by Gasteiger charge is 2.21. The van der Waals surface area contributed by atoms with E-state index in [4.69, 9.17) is 22.7 Å². The van der Waals surface area contributed by atoms with E-state index in [1.807, 2.05) is 12.1 Å². The monoisotopic (exact) mass is 264 g/mol. The Balaban J connectivity index is 1.88. The van der Waals surface area contributed by atoms with Crippen LogP contribution in [0.3, 0.4) is 0 Å². The van der Waals surface area contributed by atoms with Crippen molar-refractivity contribution in [2.45, 2.75) is 13.0 Å². The summed E-state index contributed by atoms with van der Waals surface area (Å²) in [5.41, 5.74) is 7.84. The maximum absolute atomic E-state index is 5.59. The molecule has 1 atom stereocenters. The predicted octanol–water partition coefficient (Wildman–Crippen LogP) is 1.79. The molecule has 2 rings (SSSR count). The van der Waals surface area contributed by atoms with E-state index in [0.717, 1.165) is 31.8 Å². The third-order valence-electron chi connectivity index (χ3n) is 3.42. The molecule has 98 valence electrons. The summed E-state index contributed by atoms with van der Waals surface area (Å²) in [6.45, 7) is 4.16. The number of thiocarbonyl (C=S) groups is 1. The van der Waals surface area contributed by atoms with Crippen molar-refractivity contribution in [2.75, 3.05) is 26.8 Å². The fraction of sp³-hybridized carbons (Fsp3) is 0.500. The molecular formula is C14H20N2OS. The zero-order valence-corrected chi connectivity index (χ0v) is 11.6. The molecule has 3 nitrogen and oxygen atoms in total. The Bertz CT molecular complexity index is 405. The van der Waals surface area contributed by atoms with Gasteiger partial charge in [0.1, 0.15) is 4.99 Å². The first-order valence-electron chi connectivity index (χ1n) is 6.29. The number of ether oxygens (including phenoxy) is 1. The Morgan fingerprint density at radius 2 is 2.17 bits per heavy atom. The smallest absolute Gasteiger partial charge is 0.103 e. The maximum atomic E-state index is 5.59. The Kier molecular flexibility index (Phi) is 4.69. The summed E-state index contributed by atoms with van der Waals surface area (Å²) in [4.78, 5) is 2.93. The molecule has 1 heterocycles. The molecule has 1 aromatic rings. The van der Waals surface area contributed by atoms with Crippen LogP contribution in [0.1, 0.15) is 17.5 Å². The second kappa shape index (κ2) is 6.27. The van der Waals surface area contributed by atoms with E-state index in [-0.39, 0.29) is 0 Å². The van der Waals surface area contributed by atoms with Gasteiger partial charge >= 0.3 is 0 Å². The van der Waals surface area contributed by atoms with Gasteiger partial charge in [0.15, 0.2) is 0 Å². The van der Waals surface area contributed by atoms with E-state index in [9.17, 15) is 0 Å². The van der Waals surface area contributed by atoms with Crippen molar-refractivity contribution in [1.82, 2.24) is 4.90 Å². The predicted molar refractivity (Wildman–Crippen MR) is 77.6 cm³/mol. The molecule has 0 aliphatic carbocycles. The number of nitrogens with zero attached hydrogens (tertiary/aromatic N) is 1. The highest BCUT2D eigenvalue weighted by Crippen LogP contribution is 2.19. The third-order valence-corrected chi connectivity index (χ3v) is 3.65. The van der Waals surface area contributed by atoms with Gasteiger partial charge in [-0.3, -0.25) is 4.90 Å². The molecular weight excluding hydrogens is 244 g/mol. The van der Waals surface area contributed by atoms with Gasteiger partial charge < -0.3 is 10.5 Å². The van der Waals surface area contributed by atoms with Crippen LogP contribution >= 0.6 is 12.2 Å². The van der Waals surface area contributed by atoms with Gasteiger partial charge in [0, 0.05) is 25.8 Å². The summed E-state index contributed by atoms with van der Waals surface area (Å²) < 4.78 is 5.21. The lowest BCUT2D eigenvalue weighted by molar-refractivity contribution is 0.152. The lowest BCUT2D eigenvalue weighted by Crippen LogP contribution is -2.21.